The van der Waals surface area contributed by atoms with E-state index in [1.807, 2.05) is 54.6 Å². The minimum absolute atomic E-state index is 0.534. The Kier molecular flexibility index (Phi) is 6.36. The average Bonchev–Trinajstić information content (AvgIpc) is 2.69. The Balaban J connectivity index is 1.54. The van der Waals surface area contributed by atoms with Crippen LogP contribution in [0, 0.1) is 0 Å². The van der Waals surface area contributed by atoms with Gasteiger partial charge < -0.3 is 15.4 Å². The third-order valence-electron chi connectivity index (χ3n) is 3.75. The molecular formula is C20H23N5O. The fourth-order valence-electron chi connectivity index (χ4n) is 2.34. The van der Waals surface area contributed by atoms with Gasteiger partial charge in [0, 0.05) is 12.2 Å². The number of hydrogen-bond donors (Lipinski definition) is 2. The molecule has 0 bridgehead atoms. The normalized spacial score (nSPS) is 10.3. The lowest BCUT2D eigenvalue weighted by Crippen LogP contribution is -2.07. The summed E-state index contributed by atoms with van der Waals surface area (Å²) in [5.41, 5.74) is 2.06. The van der Waals surface area contributed by atoms with E-state index in [0.29, 0.717) is 18.4 Å². The number of aromatic nitrogens is 3. The van der Waals surface area contributed by atoms with Crippen LogP contribution in [-0.4, -0.2) is 21.7 Å². The van der Waals surface area contributed by atoms with Gasteiger partial charge in [-0.25, -0.2) is 0 Å². The van der Waals surface area contributed by atoms with Gasteiger partial charge >= 0.3 is 0 Å². The molecule has 1 heterocycles. The molecule has 6 heteroatoms. The Morgan fingerprint density at radius 3 is 2.58 bits per heavy atom. The van der Waals surface area contributed by atoms with Gasteiger partial charge in [-0.15, -0.1) is 5.10 Å². The Hall–Kier alpha value is -3.15. The van der Waals surface area contributed by atoms with E-state index in [1.54, 1.807) is 6.20 Å². The van der Waals surface area contributed by atoms with Crippen LogP contribution in [-0.2, 0) is 6.61 Å². The molecule has 2 N–H and O–H groups in total. The average molecular weight is 349 g/mol. The van der Waals surface area contributed by atoms with E-state index >= 15 is 0 Å². The second-order valence-corrected chi connectivity index (χ2v) is 5.87. The lowest BCUT2D eigenvalue weighted by molar-refractivity contribution is 0.306. The molecule has 0 saturated heterocycles. The van der Waals surface area contributed by atoms with Crippen molar-refractivity contribution in [2.45, 2.75) is 26.4 Å². The summed E-state index contributed by atoms with van der Waals surface area (Å²) >= 11 is 0. The van der Waals surface area contributed by atoms with Crippen LogP contribution in [0.3, 0.4) is 0 Å². The van der Waals surface area contributed by atoms with Crippen molar-refractivity contribution in [1.82, 2.24) is 15.2 Å². The van der Waals surface area contributed by atoms with Gasteiger partial charge in [-0.1, -0.05) is 43.7 Å². The zero-order valence-corrected chi connectivity index (χ0v) is 14.9. The summed E-state index contributed by atoms with van der Waals surface area (Å²) < 4.78 is 5.80. The summed E-state index contributed by atoms with van der Waals surface area (Å²) in [6.45, 7) is 3.54. The fourth-order valence-corrected chi connectivity index (χ4v) is 2.34. The molecule has 0 atom stereocenters. The van der Waals surface area contributed by atoms with E-state index in [0.717, 1.165) is 36.4 Å². The lowest BCUT2D eigenvalue weighted by atomic mass is 10.2. The van der Waals surface area contributed by atoms with Crippen LogP contribution in [0.5, 0.6) is 5.75 Å². The molecule has 2 aromatic carbocycles. The Bertz CT molecular complexity index is 793. The first-order valence-electron chi connectivity index (χ1n) is 8.81. The molecule has 1 aromatic heterocycles. The van der Waals surface area contributed by atoms with Crippen LogP contribution < -0.4 is 15.4 Å². The topological polar surface area (TPSA) is 72.0 Å². The highest BCUT2D eigenvalue weighted by Gasteiger charge is 2.02. The molecule has 26 heavy (non-hydrogen) atoms. The largest absolute Gasteiger partial charge is 0.489 e. The number of nitrogens with zero attached hydrogens (tertiary/aromatic N) is 3. The highest BCUT2D eigenvalue weighted by molar-refractivity contribution is 5.57. The summed E-state index contributed by atoms with van der Waals surface area (Å²) in [5, 5.41) is 14.4. The van der Waals surface area contributed by atoms with Gasteiger partial charge in [-0.3, -0.25) is 0 Å². The summed E-state index contributed by atoms with van der Waals surface area (Å²) in [7, 11) is 0. The molecule has 0 radical (unpaired) electrons. The molecule has 3 aromatic rings. The monoisotopic (exact) mass is 349 g/mol. The van der Waals surface area contributed by atoms with Crippen molar-refractivity contribution in [1.29, 1.82) is 0 Å². The first-order chi connectivity index (χ1) is 12.8. The van der Waals surface area contributed by atoms with Crippen LogP contribution in [0.25, 0.3) is 0 Å². The minimum atomic E-state index is 0.534. The van der Waals surface area contributed by atoms with E-state index in [4.69, 9.17) is 4.74 Å². The molecule has 0 amide bonds. The van der Waals surface area contributed by atoms with Crippen molar-refractivity contribution in [3.05, 3.63) is 66.4 Å². The van der Waals surface area contributed by atoms with Crippen LogP contribution in [0.1, 0.15) is 25.3 Å². The Labute approximate surface area is 153 Å². The number of ether oxygens (including phenoxy) is 1. The third kappa shape index (κ3) is 5.44. The van der Waals surface area contributed by atoms with E-state index in [2.05, 4.69) is 32.7 Å². The van der Waals surface area contributed by atoms with Crippen molar-refractivity contribution in [2.75, 3.05) is 17.2 Å². The second-order valence-electron chi connectivity index (χ2n) is 5.87. The zero-order chi connectivity index (χ0) is 18.0. The quantitative estimate of drug-likeness (QED) is 0.558. The summed E-state index contributed by atoms with van der Waals surface area (Å²) in [5.74, 6) is 2.00. The number of hydrogen-bond acceptors (Lipinski definition) is 6. The predicted molar refractivity (Wildman–Crippen MR) is 104 cm³/mol. The maximum absolute atomic E-state index is 5.80. The van der Waals surface area contributed by atoms with E-state index in [1.165, 1.54) is 0 Å². The maximum Gasteiger partial charge on any atom is 0.244 e. The van der Waals surface area contributed by atoms with Gasteiger partial charge in [-0.05, 0) is 36.2 Å². The summed E-state index contributed by atoms with van der Waals surface area (Å²) in [4.78, 5) is 4.41. The molecule has 6 nitrogen and oxygen atoms in total. The van der Waals surface area contributed by atoms with Crippen LogP contribution >= 0.6 is 0 Å². The molecule has 0 spiro atoms. The molecule has 0 aliphatic heterocycles. The van der Waals surface area contributed by atoms with Crippen molar-refractivity contribution in [3.63, 3.8) is 0 Å². The fraction of sp³-hybridized carbons (Fsp3) is 0.250. The first kappa shape index (κ1) is 17.7. The molecule has 134 valence electrons. The second kappa shape index (κ2) is 9.36. The Morgan fingerprint density at radius 1 is 1.00 bits per heavy atom. The Morgan fingerprint density at radius 2 is 1.81 bits per heavy atom. The van der Waals surface area contributed by atoms with Gasteiger partial charge in [0.15, 0.2) is 5.82 Å². The van der Waals surface area contributed by atoms with Gasteiger partial charge in [0.1, 0.15) is 12.4 Å². The molecule has 0 fully saturated rings. The number of benzene rings is 2. The third-order valence-corrected chi connectivity index (χ3v) is 3.75. The number of anilines is 3. The maximum atomic E-state index is 5.80. The van der Waals surface area contributed by atoms with Crippen LogP contribution in [0.15, 0.2) is 60.8 Å². The molecular weight excluding hydrogens is 326 g/mol. The number of rotatable bonds is 9. The molecule has 0 unspecified atom stereocenters. The minimum Gasteiger partial charge on any atom is -0.489 e. The lowest BCUT2D eigenvalue weighted by Gasteiger charge is -2.09. The summed E-state index contributed by atoms with van der Waals surface area (Å²) in [6.07, 6.45) is 3.80. The predicted octanol–water partition coefficient (Wildman–Crippen LogP) is 4.41. The van der Waals surface area contributed by atoms with Crippen molar-refractivity contribution in [2.24, 2.45) is 0 Å². The van der Waals surface area contributed by atoms with Gasteiger partial charge in [0.05, 0.1) is 6.20 Å². The summed E-state index contributed by atoms with van der Waals surface area (Å²) in [6, 6.07) is 17.9. The van der Waals surface area contributed by atoms with E-state index < -0.39 is 0 Å². The molecule has 0 aliphatic rings. The standard InChI is InChI=1S/C20H23N5O/c1-2-3-13-21-20-24-19(14-22-25-20)23-17-9-11-18(12-10-17)26-15-16-7-5-4-6-8-16/h4-12,14H,2-3,13,15H2,1H3,(H2,21,23,24,25). The first-order valence-corrected chi connectivity index (χ1v) is 8.81. The van der Waals surface area contributed by atoms with Gasteiger partial charge in [-0.2, -0.15) is 10.1 Å². The van der Waals surface area contributed by atoms with E-state index in [-0.39, 0.29) is 0 Å². The SMILES string of the molecule is CCCCNc1nncc(Nc2ccc(OCc3ccccc3)cc2)n1. The van der Waals surface area contributed by atoms with E-state index in [9.17, 15) is 0 Å². The van der Waals surface area contributed by atoms with Crippen molar-refractivity contribution in [3.8, 4) is 5.75 Å². The van der Waals surface area contributed by atoms with Gasteiger partial charge in [0.2, 0.25) is 5.95 Å². The number of nitrogens with one attached hydrogen (secondary N) is 2. The van der Waals surface area contributed by atoms with Crippen LogP contribution in [0.4, 0.5) is 17.5 Å². The highest BCUT2D eigenvalue weighted by Crippen LogP contribution is 2.20. The molecule has 3 rings (SSSR count). The highest BCUT2D eigenvalue weighted by atomic mass is 16.5. The smallest absolute Gasteiger partial charge is 0.244 e. The zero-order valence-electron chi connectivity index (χ0n) is 14.9. The van der Waals surface area contributed by atoms with Crippen molar-refractivity contribution < 1.29 is 4.74 Å². The van der Waals surface area contributed by atoms with Crippen molar-refractivity contribution >= 4 is 17.5 Å². The van der Waals surface area contributed by atoms with Crippen LogP contribution in [0.2, 0.25) is 0 Å². The molecule has 0 aliphatic carbocycles. The molecule has 0 saturated carbocycles. The van der Waals surface area contributed by atoms with Gasteiger partial charge in [0.25, 0.3) is 0 Å². The number of unbranched alkanes of at least 4 members (excludes halogenated alkanes) is 1.